The monoisotopic (exact) mass is 418 g/mol. The molecule has 0 bridgehead atoms. The lowest BCUT2D eigenvalue weighted by Crippen LogP contribution is -2.41. The third kappa shape index (κ3) is 5.13. The second-order valence-electron chi connectivity index (χ2n) is 4.91. The highest BCUT2D eigenvalue weighted by atomic mass is 127. The number of aliphatic imine (C=N–C) groups is 1. The van der Waals surface area contributed by atoms with E-state index in [1.165, 1.54) is 0 Å². The minimum absolute atomic E-state index is 0. The molecule has 0 spiro atoms. The molecule has 3 N–H and O–H groups in total. The maximum absolute atomic E-state index is 11.8. The normalized spacial score (nSPS) is 17.1. The van der Waals surface area contributed by atoms with E-state index in [1.54, 1.807) is 14.2 Å². The van der Waals surface area contributed by atoms with Gasteiger partial charge in [-0.25, -0.2) is 0 Å². The molecule has 1 atom stereocenters. The van der Waals surface area contributed by atoms with Gasteiger partial charge in [0.15, 0.2) is 5.96 Å². The Bertz CT molecular complexity index is 522. The van der Waals surface area contributed by atoms with Crippen molar-refractivity contribution in [3.63, 3.8) is 0 Å². The van der Waals surface area contributed by atoms with Gasteiger partial charge in [-0.05, 0) is 11.6 Å². The molecule has 0 radical (unpaired) electrons. The van der Waals surface area contributed by atoms with Crippen LogP contribution in [0.15, 0.2) is 29.3 Å². The van der Waals surface area contributed by atoms with Gasteiger partial charge in [-0.1, -0.05) is 18.2 Å². The number of ether oxygens (including phenoxy) is 1. The van der Waals surface area contributed by atoms with Gasteiger partial charge < -0.3 is 20.7 Å². The first-order valence-corrected chi connectivity index (χ1v) is 7.07. The van der Waals surface area contributed by atoms with Gasteiger partial charge in [0.25, 0.3) is 0 Å². The summed E-state index contributed by atoms with van der Waals surface area (Å²) in [4.78, 5) is 15.9. The summed E-state index contributed by atoms with van der Waals surface area (Å²) < 4.78 is 4.99. The Kier molecular flexibility index (Phi) is 8.18. The second-order valence-corrected chi connectivity index (χ2v) is 4.91. The van der Waals surface area contributed by atoms with E-state index in [9.17, 15) is 4.79 Å². The second kappa shape index (κ2) is 9.62. The van der Waals surface area contributed by atoms with Crippen molar-refractivity contribution in [3.05, 3.63) is 29.8 Å². The van der Waals surface area contributed by atoms with E-state index in [1.807, 2.05) is 18.2 Å². The molecule has 1 aliphatic rings. The third-order valence-corrected chi connectivity index (χ3v) is 3.44. The molecular formula is C15H23IN4O2. The van der Waals surface area contributed by atoms with Crippen molar-refractivity contribution >= 4 is 41.5 Å². The lowest BCUT2D eigenvalue weighted by Gasteiger charge is -2.26. The Hall–Kier alpha value is -1.35. The summed E-state index contributed by atoms with van der Waals surface area (Å²) in [6.45, 7) is 1.98. The van der Waals surface area contributed by atoms with Gasteiger partial charge in [-0.2, -0.15) is 0 Å². The van der Waals surface area contributed by atoms with Crippen molar-refractivity contribution in [2.24, 2.45) is 4.99 Å². The van der Waals surface area contributed by atoms with Crippen LogP contribution in [0.3, 0.4) is 0 Å². The quantitative estimate of drug-likeness (QED) is 0.294. The molecule has 122 valence electrons. The van der Waals surface area contributed by atoms with E-state index in [2.05, 4.69) is 27.0 Å². The molecule has 2 rings (SSSR count). The molecule has 22 heavy (non-hydrogen) atoms. The summed E-state index contributed by atoms with van der Waals surface area (Å²) in [6.07, 6.45) is 0.485. The minimum Gasteiger partial charge on any atom is -0.383 e. The molecule has 6 nitrogen and oxygen atoms in total. The average molecular weight is 418 g/mol. The van der Waals surface area contributed by atoms with Crippen molar-refractivity contribution in [3.8, 4) is 0 Å². The van der Waals surface area contributed by atoms with Crippen molar-refractivity contribution < 1.29 is 9.53 Å². The Morgan fingerprint density at radius 1 is 1.41 bits per heavy atom. The maximum atomic E-state index is 11.8. The van der Waals surface area contributed by atoms with Crippen LogP contribution in [0.1, 0.15) is 17.9 Å². The van der Waals surface area contributed by atoms with Crippen LogP contribution < -0.4 is 16.0 Å². The largest absolute Gasteiger partial charge is 0.383 e. The van der Waals surface area contributed by atoms with Crippen LogP contribution in [0.2, 0.25) is 0 Å². The highest BCUT2D eigenvalue weighted by Gasteiger charge is 2.24. The molecule has 1 aromatic rings. The Balaban J connectivity index is 0.00000242. The number of fused-ring (bicyclic) bond motifs is 1. The first kappa shape index (κ1) is 18.7. The molecule has 0 saturated heterocycles. The van der Waals surface area contributed by atoms with Gasteiger partial charge in [0.1, 0.15) is 0 Å². The molecule has 0 saturated carbocycles. The topological polar surface area (TPSA) is 74.8 Å². The summed E-state index contributed by atoms with van der Waals surface area (Å²) in [5.74, 6) is 0.925. The number of carbonyl (C=O) groups excluding carboxylic acids is 1. The van der Waals surface area contributed by atoms with Crippen LogP contribution in [-0.2, 0) is 9.53 Å². The standard InChI is InChI=1S/C15H22N4O2.HI/c1-16-15(17-7-8-21-2)18-10-11-9-14(20)19-13-6-4-3-5-12(11)13;/h3-6,11H,7-10H2,1-2H3,(H,19,20)(H2,16,17,18);1H. The number of guanidine groups is 1. The van der Waals surface area contributed by atoms with Crippen molar-refractivity contribution in [2.45, 2.75) is 12.3 Å². The molecule has 1 aromatic carbocycles. The zero-order valence-corrected chi connectivity index (χ0v) is 15.2. The fourth-order valence-corrected chi connectivity index (χ4v) is 2.40. The number of rotatable bonds is 5. The SMILES string of the molecule is CN=C(NCCOC)NCC1CC(=O)Nc2ccccc21.I. The van der Waals surface area contributed by atoms with Crippen molar-refractivity contribution in [1.29, 1.82) is 0 Å². The average Bonchev–Trinajstić information content (AvgIpc) is 2.50. The first-order valence-electron chi connectivity index (χ1n) is 7.07. The molecule has 1 unspecified atom stereocenters. The van der Waals surface area contributed by atoms with Gasteiger partial charge >= 0.3 is 0 Å². The number of anilines is 1. The van der Waals surface area contributed by atoms with E-state index < -0.39 is 0 Å². The van der Waals surface area contributed by atoms with E-state index in [0.717, 1.165) is 17.2 Å². The molecule has 0 fully saturated rings. The molecule has 0 aromatic heterocycles. The molecule has 1 aliphatic heterocycles. The Morgan fingerprint density at radius 2 is 2.18 bits per heavy atom. The highest BCUT2D eigenvalue weighted by Crippen LogP contribution is 2.31. The number of carbonyl (C=O) groups is 1. The smallest absolute Gasteiger partial charge is 0.225 e. The summed E-state index contributed by atoms with van der Waals surface area (Å²) in [7, 11) is 3.39. The Labute approximate surface area is 148 Å². The molecular weight excluding hydrogens is 395 g/mol. The van der Waals surface area contributed by atoms with Crippen LogP contribution in [0.25, 0.3) is 0 Å². The van der Waals surface area contributed by atoms with Gasteiger partial charge in [-0.15, -0.1) is 24.0 Å². The van der Waals surface area contributed by atoms with Gasteiger partial charge in [-0.3, -0.25) is 9.79 Å². The molecule has 7 heteroatoms. The zero-order valence-electron chi connectivity index (χ0n) is 12.9. The third-order valence-electron chi connectivity index (χ3n) is 3.44. The fraction of sp³-hybridized carbons (Fsp3) is 0.467. The number of methoxy groups -OCH3 is 1. The molecule has 1 heterocycles. The Morgan fingerprint density at radius 3 is 2.91 bits per heavy atom. The number of hydrogen-bond donors (Lipinski definition) is 3. The lowest BCUT2D eigenvalue weighted by molar-refractivity contribution is -0.116. The maximum Gasteiger partial charge on any atom is 0.225 e. The van der Waals surface area contributed by atoms with E-state index in [-0.39, 0.29) is 35.8 Å². The number of hydrogen-bond acceptors (Lipinski definition) is 3. The lowest BCUT2D eigenvalue weighted by atomic mass is 9.90. The summed E-state index contributed by atoms with van der Waals surface area (Å²) in [6, 6.07) is 7.92. The van der Waals surface area contributed by atoms with E-state index >= 15 is 0 Å². The van der Waals surface area contributed by atoms with Crippen molar-refractivity contribution in [2.75, 3.05) is 39.2 Å². The van der Waals surface area contributed by atoms with E-state index in [0.29, 0.717) is 26.1 Å². The van der Waals surface area contributed by atoms with Crippen LogP contribution in [0.4, 0.5) is 5.69 Å². The number of amides is 1. The predicted molar refractivity (Wildman–Crippen MR) is 99.1 cm³/mol. The van der Waals surface area contributed by atoms with Crippen LogP contribution in [-0.4, -0.2) is 45.7 Å². The van der Waals surface area contributed by atoms with Crippen LogP contribution >= 0.6 is 24.0 Å². The summed E-state index contributed by atoms with van der Waals surface area (Å²) in [5, 5.41) is 9.33. The minimum atomic E-state index is 0. The predicted octanol–water partition coefficient (Wildman–Crippen LogP) is 1.54. The number of halogens is 1. The van der Waals surface area contributed by atoms with Gasteiger partial charge in [0.2, 0.25) is 5.91 Å². The van der Waals surface area contributed by atoms with Crippen LogP contribution in [0.5, 0.6) is 0 Å². The van der Waals surface area contributed by atoms with Gasteiger partial charge in [0.05, 0.1) is 6.61 Å². The zero-order chi connectivity index (χ0) is 15.1. The number of benzene rings is 1. The summed E-state index contributed by atoms with van der Waals surface area (Å²) in [5.41, 5.74) is 2.07. The molecule has 1 amide bonds. The number of nitrogens with zero attached hydrogens (tertiary/aromatic N) is 1. The first-order chi connectivity index (χ1) is 10.2. The fourth-order valence-electron chi connectivity index (χ4n) is 2.40. The highest BCUT2D eigenvalue weighted by molar-refractivity contribution is 14.0. The van der Waals surface area contributed by atoms with Crippen LogP contribution in [0, 0.1) is 0 Å². The number of para-hydroxylation sites is 1. The number of nitrogens with one attached hydrogen (secondary N) is 3. The molecule has 0 aliphatic carbocycles. The van der Waals surface area contributed by atoms with Gasteiger partial charge in [0, 0.05) is 45.3 Å². The van der Waals surface area contributed by atoms with Crippen molar-refractivity contribution in [1.82, 2.24) is 10.6 Å². The summed E-state index contributed by atoms with van der Waals surface area (Å²) >= 11 is 0. The van der Waals surface area contributed by atoms with E-state index in [4.69, 9.17) is 4.74 Å².